The first-order chi connectivity index (χ1) is 10.5. The number of ether oxygens (including phenoxy) is 2. The van der Waals surface area contributed by atoms with E-state index in [1.807, 2.05) is 13.8 Å². The fourth-order valence-electron chi connectivity index (χ4n) is 3.00. The number of unbranched alkanes of at least 4 members (excludes halogenated alkanes) is 2. The molecule has 0 atom stereocenters. The molecule has 0 aliphatic carbocycles. The Morgan fingerprint density at radius 2 is 1.64 bits per heavy atom. The van der Waals surface area contributed by atoms with E-state index in [1.54, 1.807) is 6.92 Å². The molecule has 2 N–H and O–H groups in total. The maximum absolute atomic E-state index is 12.0. The summed E-state index contributed by atoms with van der Waals surface area (Å²) >= 11 is 0. The number of carbonyl (C=O) groups excluding carboxylic acids is 2. The smallest absolute Gasteiger partial charge is 0.306 e. The van der Waals surface area contributed by atoms with E-state index in [4.69, 9.17) is 9.47 Å². The molecule has 1 fully saturated rings. The van der Waals surface area contributed by atoms with Crippen LogP contribution in [0.25, 0.3) is 0 Å². The third-order valence-corrected chi connectivity index (χ3v) is 4.37. The monoisotopic (exact) mass is 314 g/mol. The van der Waals surface area contributed by atoms with E-state index in [-0.39, 0.29) is 17.5 Å². The van der Waals surface area contributed by atoms with Crippen LogP contribution in [0.2, 0.25) is 0 Å². The number of rotatable bonds is 9. The lowest BCUT2D eigenvalue weighted by atomic mass is 9.83. The molecule has 0 aromatic rings. The van der Waals surface area contributed by atoms with Crippen molar-refractivity contribution < 1.29 is 24.4 Å². The van der Waals surface area contributed by atoms with Crippen LogP contribution in [-0.4, -0.2) is 37.2 Å². The Bertz CT molecular complexity index is 349. The first-order valence-corrected chi connectivity index (χ1v) is 8.65. The SMILES string of the molecule is CCOC(=O)CCCCCC(=O)OC(C)(C)C1CC[NH2+]CC1. The van der Waals surface area contributed by atoms with Crippen LogP contribution >= 0.6 is 0 Å². The van der Waals surface area contributed by atoms with Gasteiger partial charge in [0.25, 0.3) is 0 Å². The number of quaternary nitrogens is 1. The molecule has 0 spiro atoms. The van der Waals surface area contributed by atoms with Crippen LogP contribution in [0.15, 0.2) is 0 Å². The van der Waals surface area contributed by atoms with Gasteiger partial charge in [-0.25, -0.2) is 0 Å². The standard InChI is InChI=1S/C17H31NO4/c1-4-21-15(19)8-6-5-7-9-16(20)22-17(2,3)14-10-12-18-13-11-14/h14,18H,4-13H2,1-3H3/p+1. The topological polar surface area (TPSA) is 69.2 Å². The summed E-state index contributed by atoms with van der Waals surface area (Å²) in [5.41, 5.74) is -0.365. The highest BCUT2D eigenvalue weighted by Gasteiger charge is 2.35. The quantitative estimate of drug-likeness (QED) is 0.520. The highest BCUT2D eigenvalue weighted by molar-refractivity contribution is 5.70. The van der Waals surface area contributed by atoms with Gasteiger partial charge in [0.1, 0.15) is 5.60 Å². The number of piperidine rings is 1. The normalized spacial score (nSPS) is 16.3. The van der Waals surface area contributed by atoms with Gasteiger partial charge >= 0.3 is 11.9 Å². The summed E-state index contributed by atoms with van der Waals surface area (Å²) < 4.78 is 10.6. The largest absolute Gasteiger partial charge is 0.466 e. The van der Waals surface area contributed by atoms with Crippen molar-refractivity contribution in [3.63, 3.8) is 0 Å². The molecule has 1 heterocycles. The molecule has 1 rings (SSSR count). The van der Waals surface area contributed by atoms with Crippen molar-refractivity contribution in [2.45, 2.75) is 71.3 Å². The molecule has 0 amide bonds. The summed E-state index contributed by atoms with van der Waals surface area (Å²) in [5.74, 6) is 0.196. The molecule has 0 saturated carbocycles. The fraction of sp³-hybridized carbons (Fsp3) is 0.882. The zero-order chi connectivity index (χ0) is 16.4. The molecule has 128 valence electrons. The molecule has 1 aliphatic heterocycles. The first-order valence-electron chi connectivity index (χ1n) is 8.65. The van der Waals surface area contributed by atoms with Crippen molar-refractivity contribution in [2.24, 2.45) is 5.92 Å². The molecule has 1 saturated heterocycles. The molecule has 0 bridgehead atoms. The highest BCUT2D eigenvalue weighted by atomic mass is 16.6. The molecule has 0 aromatic heterocycles. The van der Waals surface area contributed by atoms with Crippen molar-refractivity contribution in [3.8, 4) is 0 Å². The number of carbonyl (C=O) groups is 2. The Labute approximate surface area is 134 Å². The Hall–Kier alpha value is -1.10. The number of nitrogens with two attached hydrogens (primary N) is 1. The van der Waals surface area contributed by atoms with Gasteiger partial charge in [-0.1, -0.05) is 6.42 Å². The van der Waals surface area contributed by atoms with Crippen LogP contribution in [0.1, 0.15) is 65.7 Å². The van der Waals surface area contributed by atoms with Gasteiger partial charge in [-0.15, -0.1) is 0 Å². The van der Waals surface area contributed by atoms with Gasteiger partial charge in [0.2, 0.25) is 0 Å². The minimum Gasteiger partial charge on any atom is -0.466 e. The summed E-state index contributed by atoms with van der Waals surface area (Å²) in [5, 5.41) is 2.32. The maximum atomic E-state index is 12.0. The molecule has 0 unspecified atom stereocenters. The van der Waals surface area contributed by atoms with Crippen LogP contribution in [0, 0.1) is 5.92 Å². The molecule has 1 aliphatic rings. The minimum absolute atomic E-state index is 0.115. The first kappa shape index (κ1) is 18.9. The molecular weight excluding hydrogens is 282 g/mol. The molecular formula is C17H32NO4+. The van der Waals surface area contributed by atoms with E-state index >= 15 is 0 Å². The van der Waals surface area contributed by atoms with Gasteiger partial charge in [0, 0.05) is 31.6 Å². The Morgan fingerprint density at radius 3 is 2.23 bits per heavy atom. The minimum atomic E-state index is -0.365. The maximum Gasteiger partial charge on any atom is 0.306 e. The number of esters is 2. The van der Waals surface area contributed by atoms with E-state index in [0.29, 0.717) is 25.4 Å². The summed E-state index contributed by atoms with van der Waals surface area (Å²) in [4.78, 5) is 23.2. The third kappa shape index (κ3) is 7.25. The van der Waals surface area contributed by atoms with Gasteiger partial charge in [-0.3, -0.25) is 9.59 Å². The fourth-order valence-corrected chi connectivity index (χ4v) is 3.00. The molecule has 5 heteroatoms. The van der Waals surface area contributed by atoms with Gasteiger partial charge in [-0.2, -0.15) is 0 Å². The second-order valence-corrected chi connectivity index (χ2v) is 6.58. The second kappa shape index (κ2) is 9.82. The van der Waals surface area contributed by atoms with Crippen LogP contribution in [-0.2, 0) is 19.1 Å². The Morgan fingerprint density at radius 1 is 1.05 bits per heavy atom. The van der Waals surface area contributed by atoms with Gasteiger partial charge < -0.3 is 14.8 Å². The van der Waals surface area contributed by atoms with Crippen LogP contribution < -0.4 is 5.32 Å². The van der Waals surface area contributed by atoms with E-state index < -0.39 is 0 Å². The van der Waals surface area contributed by atoms with E-state index in [1.165, 1.54) is 0 Å². The third-order valence-electron chi connectivity index (χ3n) is 4.37. The van der Waals surface area contributed by atoms with E-state index in [9.17, 15) is 9.59 Å². The summed E-state index contributed by atoms with van der Waals surface area (Å²) in [7, 11) is 0. The number of hydrogen-bond donors (Lipinski definition) is 1. The van der Waals surface area contributed by atoms with Crippen molar-refractivity contribution >= 4 is 11.9 Å². The van der Waals surface area contributed by atoms with Crippen LogP contribution in [0.3, 0.4) is 0 Å². The van der Waals surface area contributed by atoms with Crippen molar-refractivity contribution in [3.05, 3.63) is 0 Å². The summed E-state index contributed by atoms with van der Waals surface area (Å²) in [6.45, 7) is 8.54. The van der Waals surface area contributed by atoms with Gasteiger partial charge in [-0.05, 0) is 33.6 Å². The van der Waals surface area contributed by atoms with Gasteiger partial charge in [0.05, 0.1) is 19.7 Å². The van der Waals surface area contributed by atoms with Crippen molar-refractivity contribution in [1.29, 1.82) is 0 Å². The molecule has 0 aromatic carbocycles. The van der Waals surface area contributed by atoms with Gasteiger partial charge in [0.15, 0.2) is 0 Å². The van der Waals surface area contributed by atoms with Crippen LogP contribution in [0.4, 0.5) is 0 Å². The zero-order valence-electron chi connectivity index (χ0n) is 14.4. The predicted molar refractivity (Wildman–Crippen MR) is 84.3 cm³/mol. The Balaban J connectivity index is 2.15. The lowest BCUT2D eigenvalue weighted by Gasteiger charge is -2.35. The average molecular weight is 314 g/mol. The highest BCUT2D eigenvalue weighted by Crippen LogP contribution is 2.28. The predicted octanol–water partition coefficient (Wildman–Crippen LogP) is 1.80. The Kier molecular flexibility index (Phi) is 8.46. The summed E-state index contributed by atoms with van der Waals surface area (Å²) in [6, 6.07) is 0. The van der Waals surface area contributed by atoms with E-state index in [2.05, 4.69) is 5.32 Å². The summed E-state index contributed by atoms with van der Waals surface area (Å²) in [6.07, 6.45) is 5.49. The van der Waals surface area contributed by atoms with Crippen LogP contribution in [0.5, 0.6) is 0 Å². The lowest BCUT2D eigenvalue weighted by molar-refractivity contribution is -0.665. The molecule has 0 radical (unpaired) electrons. The van der Waals surface area contributed by atoms with Crippen molar-refractivity contribution in [2.75, 3.05) is 19.7 Å². The molecule has 5 nitrogen and oxygen atoms in total. The number of hydrogen-bond acceptors (Lipinski definition) is 4. The average Bonchev–Trinajstić information content (AvgIpc) is 2.47. The lowest BCUT2D eigenvalue weighted by Crippen LogP contribution is -2.86. The second-order valence-electron chi connectivity index (χ2n) is 6.58. The molecule has 22 heavy (non-hydrogen) atoms. The zero-order valence-corrected chi connectivity index (χ0v) is 14.4. The van der Waals surface area contributed by atoms with Crippen molar-refractivity contribution in [1.82, 2.24) is 0 Å². The van der Waals surface area contributed by atoms with E-state index in [0.717, 1.165) is 45.2 Å².